The summed E-state index contributed by atoms with van der Waals surface area (Å²) < 4.78 is 2.13. The number of nitrogens with two attached hydrogens (primary N) is 1. The van der Waals surface area contributed by atoms with Gasteiger partial charge in [0.2, 0.25) is 0 Å². The van der Waals surface area contributed by atoms with E-state index in [1.165, 1.54) is 23.9 Å². The lowest BCUT2D eigenvalue weighted by molar-refractivity contribution is 0.367. The Morgan fingerprint density at radius 2 is 2.21 bits per heavy atom. The summed E-state index contributed by atoms with van der Waals surface area (Å²) in [7, 11) is 4.08. The third-order valence-electron chi connectivity index (χ3n) is 4.66. The molecule has 1 unspecified atom stereocenters. The van der Waals surface area contributed by atoms with Gasteiger partial charge in [-0.25, -0.2) is 4.98 Å². The standard InChI is InChI=1S/C15H22N4/c1-10-18-12-8-11(4-5-13(12)19(10)3)14(17-2)15(9-16)6-7-15/h4-5,8,14,17H,6-7,9,16H2,1-3H3. The van der Waals surface area contributed by atoms with Gasteiger partial charge >= 0.3 is 0 Å². The highest BCUT2D eigenvalue weighted by Crippen LogP contribution is 2.54. The molecule has 0 saturated heterocycles. The molecule has 4 heteroatoms. The minimum absolute atomic E-state index is 0.256. The second kappa shape index (κ2) is 4.32. The minimum atomic E-state index is 0.256. The predicted octanol–water partition coefficient (Wildman–Crippen LogP) is 1.88. The first kappa shape index (κ1) is 12.6. The summed E-state index contributed by atoms with van der Waals surface area (Å²) in [6, 6.07) is 6.92. The van der Waals surface area contributed by atoms with E-state index in [4.69, 9.17) is 5.73 Å². The van der Waals surface area contributed by atoms with Crippen LogP contribution < -0.4 is 11.1 Å². The molecule has 0 amide bonds. The molecule has 1 atom stereocenters. The van der Waals surface area contributed by atoms with Crippen LogP contribution in [0.4, 0.5) is 0 Å². The SMILES string of the molecule is CNC(c1ccc2c(c1)nc(C)n2C)C1(CN)CC1. The molecule has 0 spiro atoms. The fraction of sp³-hybridized carbons (Fsp3) is 0.533. The van der Waals surface area contributed by atoms with Gasteiger partial charge in [0, 0.05) is 18.5 Å². The maximum Gasteiger partial charge on any atom is 0.106 e. The molecule has 1 aliphatic carbocycles. The minimum Gasteiger partial charge on any atom is -0.331 e. The van der Waals surface area contributed by atoms with E-state index in [9.17, 15) is 0 Å². The molecule has 1 saturated carbocycles. The van der Waals surface area contributed by atoms with Gasteiger partial charge in [0.05, 0.1) is 11.0 Å². The van der Waals surface area contributed by atoms with E-state index in [0.29, 0.717) is 6.04 Å². The van der Waals surface area contributed by atoms with Gasteiger partial charge in [-0.2, -0.15) is 0 Å². The molecule has 1 heterocycles. The maximum atomic E-state index is 5.96. The van der Waals surface area contributed by atoms with E-state index >= 15 is 0 Å². The molecule has 1 fully saturated rings. The number of nitrogens with one attached hydrogen (secondary N) is 1. The average molecular weight is 258 g/mol. The Labute approximate surface area is 114 Å². The molecule has 1 aromatic heterocycles. The zero-order chi connectivity index (χ0) is 13.6. The van der Waals surface area contributed by atoms with Gasteiger partial charge in [0.15, 0.2) is 0 Å². The number of imidazole rings is 1. The summed E-state index contributed by atoms with van der Waals surface area (Å²) in [5.41, 5.74) is 9.79. The summed E-state index contributed by atoms with van der Waals surface area (Å²) in [4.78, 5) is 4.62. The Bertz CT molecular complexity index is 610. The lowest BCUT2D eigenvalue weighted by Crippen LogP contribution is -2.32. The van der Waals surface area contributed by atoms with E-state index < -0.39 is 0 Å². The smallest absolute Gasteiger partial charge is 0.106 e. The van der Waals surface area contributed by atoms with Crippen molar-refractivity contribution in [2.45, 2.75) is 25.8 Å². The second-order valence-electron chi connectivity index (χ2n) is 5.75. The number of benzene rings is 1. The first-order chi connectivity index (χ1) is 9.11. The Balaban J connectivity index is 2.05. The Morgan fingerprint density at radius 1 is 1.47 bits per heavy atom. The van der Waals surface area contributed by atoms with Crippen LogP contribution in [0.2, 0.25) is 0 Å². The Kier molecular flexibility index (Phi) is 2.87. The Morgan fingerprint density at radius 3 is 2.79 bits per heavy atom. The lowest BCUT2D eigenvalue weighted by atomic mass is 9.90. The molecule has 0 bridgehead atoms. The molecule has 0 aliphatic heterocycles. The van der Waals surface area contributed by atoms with Gasteiger partial charge in [-0.15, -0.1) is 0 Å². The average Bonchev–Trinajstić information content (AvgIpc) is 3.14. The normalized spacial score (nSPS) is 18.7. The third kappa shape index (κ3) is 1.86. The number of nitrogens with zero attached hydrogens (tertiary/aromatic N) is 2. The van der Waals surface area contributed by atoms with Crippen LogP contribution in [0.15, 0.2) is 18.2 Å². The van der Waals surface area contributed by atoms with Crippen LogP contribution in [0, 0.1) is 12.3 Å². The van der Waals surface area contributed by atoms with Crippen molar-refractivity contribution < 1.29 is 0 Å². The van der Waals surface area contributed by atoms with Crippen LogP contribution in [0.3, 0.4) is 0 Å². The highest BCUT2D eigenvalue weighted by atomic mass is 15.0. The molecular weight excluding hydrogens is 236 g/mol. The number of aryl methyl sites for hydroxylation is 2. The van der Waals surface area contributed by atoms with Gasteiger partial charge < -0.3 is 15.6 Å². The molecule has 102 valence electrons. The number of hydrogen-bond acceptors (Lipinski definition) is 3. The molecule has 0 radical (unpaired) electrons. The van der Waals surface area contributed by atoms with Crippen molar-refractivity contribution in [3.63, 3.8) is 0 Å². The largest absolute Gasteiger partial charge is 0.331 e. The van der Waals surface area contributed by atoms with Gasteiger partial charge in [0.1, 0.15) is 5.82 Å². The van der Waals surface area contributed by atoms with Crippen molar-refractivity contribution in [3.8, 4) is 0 Å². The summed E-state index contributed by atoms with van der Waals surface area (Å²) in [6.07, 6.45) is 2.43. The van der Waals surface area contributed by atoms with Gasteiger partial charge in [0.25, 0.3) is 0 Å². The van der Waals surface area contributed by atoms with E-state index in [0.717, 1.165) is 17.9 Å². The van der Waals surface area contributed by atoms with Crippen molar-refractivity contribution >= 4 is 11.0 Å². The highest BCUT2D eigenvalue weighted by Gasteiger charge is 2.48. The first-order valence-corrected chi connectivity index (χ1v) is 6.91. The molecule has 1 aliphatic rings. The maximum absolute atomic E-state index is 5.96. The third-order valence-corrected chi connectivity index (χ3v) is 4.66. The lowest BCUT2D eigenvalue weighted by Gasteiger charge is -2.26. The number of fused-ring (bicyclic) bond motifs is 1. The van der Waals surface area contributed by atoms with Crippen molar-refractivity contribution in [1.82, 2.24) is 14.9 Å². The molecule has 4 nitrogen and oxygen atoms in total. The summed E-state index contributed by atoms with van der Waals surface area (Å²) in [5, 5.41) is 3.44. The van der Waals surface area contributed by atoms with Crippen molar-refractivity contribution in [1.29, 1.82) is 0 Å². The summed E-state index contributed by atoms with van der Waals surface area (Å²) in [6.45, 7) is 2.79. The molecule has 2 aromatic rings. The van der Waals surface area contributed by atoms with Gasteiger partial charge in [-0.05, 0) is 51.1 Å². The number of aromatic nitrogens is 2. The van der Waals surface area contributed by atoms with E-state index in [1.54, 1.807) is 0 Å². The zero-order valence-corrected chi connectivity index (χ0v) is 11.9. The van der Waals surface area contributed by atoms with E-state index in [-0.39, 0.29) is 5.41 Å². The van der Waals surface area contributed by atoms with Crippen LogP contribution in [0.5, 0.6) is 0 Å². The van der Waals surface area contributed by atoms with E-state index in [2.05, 4.69) is 40.1 Å². The summed E-state index contributed by atoms with van der Waals surface area (Å²) in [5.74, 6) is 1.05. The van der Waals surface area contributed by atoms with Crippen LogP contribution in [0.1, 0.15) is 30.3 Å². The van der Waals surface area contributed by atoms with Crippen LogP contribution in [0.25, 0.3) is 11.0 Å². The van der Waals surface area contributed by atoms with Crippen LogP contribution in [-0.2, 0) is 7.05 Å². The van der Waals surface area contributed by atoms with Crippen molar-refractivity contribution in [3.05, 3.63) is 29.6 Å². The number of hydrogen-bond donors (Lipinski definition) is 2. The molecule has 3 N–H and O–H groups in total. The zero-order valence-electron chi connectivity index (χ0n) is 11.9. The molecule has 19 heavy (non-hydrogen) atoms. The Hall–Kier alpha value is -1.39. The van der Waals surface area contributed by atoms with Crippen molar-refractivity contribution in [2.75, 3.05) is 13.6 Å². The molecule has 1 aromatic carbocycles. The predicted molar refractivity (Wildman–Crippen MR) is 78.0 cm³/mol. The highest BCUT2D eigenvalue weighted by molar-refractivity contribution is 5.77. The van der Waals surface area contributed by atoms with Crippen molar-refractivity contribution in [2.24, 2.45) is 18.2 Å². The first-order valence-electron chi connectivity index (χ1n) is 6.91. The summed E-state index contributed by atoms with van der Waals surface area (Å²) >= 11 is 0. The van der Waals surface area contributed by atoms with Crippen LogP contribution >= 0.6 is 0 Å². The van der Waals surface area contributed by atoms with Crippen LogP contribution in [-0.4, -0.2) is 23.1 Å². The fourth-order valence-corrected chi connectivity index (χ4v) is 3.11. The second-order valence-corrected chi connectivity index (χ2v) is 5.75. The fourth-order valence-electron chi connectivity index (χ4n) is 3.11. The van der Waals surface area contributed by atoms with Gasteiger partial charge in [-0.1, -0.05) is 6.07 Å². The monoisotopic (exact) mass is 258 g/mol. The van der Waals surface area contributed by atoms with E-state index in [1.807, 2.05) is 14.0 Å². The quantitative estimate of drug-likeness (QED) is 0.880. The topological polar surface area (TPSA) is 55.9 Å². The molecule has 3 rings (SSSR count). The molecular formula is C15H22N4. The number of rotatable bonds is 4. The van der Waals surface area contributed by atoms with Gasteiger partial charge in [-0.3, -0.25) is 0 Å².